The average Bonchev–Trinajstić information content (AvgIpc) is 3.06. The van der Waals surface area contributed by atoms with Gasteiger partial charge in [-0.2, -0.15) is 0 Å². The van der Waals surface area contributed by atoms with Crippen LogP contribution < -0.4 is 10.6 Å². The molecule has 1 aliphatic heterocycles. The molecule has 3 aliphatic rings. The van der Waals surface area contributed by atoms with Crippen LogP contribution in [0.3, 0.4) is 0 Å². The van der Waals surface area contributed by atoms with Crippen molar-refractivity contribution in [3.05, 3.63) is 0 Å². The third-order valence-corrected chi connectivity index (χ3v) is 5.85. The maximum absolute atomic E-state index is 12.7. The van der Waals surface area contributed by atoms with Gasteiger partial charge < -0.3 is 15.7 Å². The molecule has 24 heavy (non-hydrogen) atoms. The largest absolute Gasteiger partial charge is 0.383 e. The van der Waals surface area contributed by atoms with Crippen LogP contribution in [0.25, 0.3) is 0 Å². The van der Waals surface area contributed by atoms with E-state index in [9.17, 15) is 14.7 Å². The van der Waals surface area contributed by atoms with E-state index < -0.39 is 6.10 Å². The third kappa shape index (κ3) is 4.50. The first-order chi connectivity index (χ1) is 11.1. The number of rotatable bonds is 8. The van der Waals surface area contributed by atoms with Crippen molar-refractivity contribution in [3.63, 3.8) is 0 Å². The van der Waals surface area contributed by atoms with Crippen LogP contribution in [0.5, 0.6) is 0 Å². The number of fused-ring (bicyclic) bond motifs is 1. The highest BCUT2D eigenvalue weighted by Crippen LogP contribution is 2.38. The van der Waals surface area contributed by atoms with Crippen LogP contribution in [0.15, 0.2) is 0 Å². The zero-order valence-corrected chi connectivity index (χ0v) is 15.3. The van der Waals surface area contributed by atoms with E-state index >= 15 is 0 Å². The van der Waals surface area contributed by atoms with Gasteiger partial charge in [-0.15, -0.1) is 12.4 Å². The van der Waals surface area contributed by atoms with Crippen molar-refractivity contribution >= 4 is 24.1 Å². The van der Waals surface area contributed by atoms with Gasteiger partial charge in [0.15, 0.2) is 0 Å². The lowest BCUT2D eigenvalue weighted by atomic mass is 9.85. The first kappa shape index (κ1) is 19.7. The minimum atomic E-state index is -1.06. The van der Waals surface area contributed by atoms with Crippen LogP contribution in [-0.2, 0) is 9.59 Å². The van der Waals surface area contributed by atoms with Gasteiger partial charge in [0.2, 0.25) is 5.91 Å². The van der Waals surface area contributed by atoms with Crippen molar-refractivity contribution in [2.24, 2.45) is 17.8 Å². The molecule has 138 valence electrons. The number of Topliss-reactive ketones (excluding diaryl/α,β-unsaturated/α-hetero) is 1. The van der Waals surface area contributed by atoms with Crippen molar-refractivity contribution in [3.8, 4) is 0 Å². The Morgan fingerprint density at radius 2 is 2.00 bits per heavy atom. The molecule has 1 heterocycles. The van der Waals surface area contributed by atoms with Gasteiger partial charge in [0.25, 0.3) is 0 Å². The summed E-state index contributed by atoms with van der Waals surface area (Å²) in [6.45, 7) is 2.98. The lowest BCUT2D eigenvalue weighted by molar-refractivity contribution is -0.134. The van der Waals surface area contributed by atoms with Crippen LogP contribution in [0.4, 0.5) is 0 Å². The van der Waals surface area contributed by atoms with Gasteiger partial charge in [0, 0.05) is 18.4 Å². The Kier molecular flexibility index (Phi) is 7.08. The standard InChI is InChI=1S/C18H30N2O3.ClH/c1-2-4-11(17(22)18(23)20-13-7-8-13)9-15(21)16-14-6-3-5-12(14)10-19-16;/h11-14,16-17,19,22H,2-10H2,1H3,(H,20,23);1H/t11-,12+,14+,16+,17?;/m1./s1. The summed E-state index contributed by atoms with van der Waals surface area (Å²) in [5.41, 5.74) is 0. The van der Waals surface area contributed by atoms with E-state index in [2.05, 4.69) is 10.6 Å². The van der Waals surface area contributed by atoms with Crippen molar-refractivity contribution in [1.29, 1.82) is 0 Å². The number of nitrogens with one attached hydrogen (secondary N) is 2. The number of halogens is 1. The molecule has 2 aliphatic carbocycles. The number of carbonyl (C=O) groups is 2. The fraction of sp³-hybridized carbons (Fsp3) is 0.889. The molecule has 5 atom stereocenters. The van der Waals surface area contributed by atoms with Gasteiger partial charge in [-0.05, 0) is 50.5 Å². The molecule has 0 radical (unpaired) electrons. The summed E-state index contributed by atoms with van der Waals surface area (Å²) < 4.78 is 0. The first-order valence-electron chi connectivity index (χ1n) is 9.34. The van der Waals surface area contributed by atoms with Gasteiger partial charge in [0.05, 0.1) is 6.04 Å². The second kappa shape index (κ2) is 8.63. The molecule has 2 saturated carbocycles. The summed E-state index contributed by atoms with van der Waals surface area (Å²) in [5.74, 6) is 0.764. The second-order valence-electron chi connectivity index (χ2n) is 7.69. The van der Waals surface area contributed by atoms with E-state index in [1.807, 2.05) is 6.92 Å². The maximum atomic E-state index is 12.7. The minimum absolute atomic E-state index is 0. The topological polar surface area (TPSA) is 78.4 Å². The molecular weight excluding hydrogens is 328 g/mol. The van der Waals surface area contributed by atoms with Crippen LogP contribution in [0.1, 0.15) is 58.3 Å². The molecule has 1 saturated heterocycles. The third-order valence-electron chi connectivity index (χ3n) is 5.85. The van der Waals surface area contributed by atoms with E-state index in [1.54, 1.807) is 0 Å². The molecule has 0 bridgehead atoms. The zero-order valence-electron chi connectivity index (χ0n) is 14.5. The Bertz CT molecular complexity index is 456. The fourth-order valence-electron chi connectivity index (χ4n) is 4.40. The summed E-state index contributed by atoms with van der Waals surface area (Å²) in [6, 6.07) is 0.187. The summed E-state index contributed by atoms with van der Waals surface area (Å²) in [4.78, 5) is 24.8. The molecule has 6 heteroatoms. The van der Waals surface area contributed by atoms with E-state index in [-0.39, 0.29) is 42.1 Å². The van der Waals surface area contributed by atoms with Gasteiger partial charge in [-0.1, -0.05) is 19.8 Å². The van der Waals surface area contributed by atoms with E-state index in [0.29, 0.717) is 24.7 Å². The molecule has 0 spiro atoms. The number of aliphatic hydroxyl groups excluding tert-OH is 1. The zero-order chi connectivity index (χ0) is 16.4. The van der Waals surface area contributed by atoms with Gasteiger partial charge in [-0.25, -0.2) is 0 Å². The van der Waals surface area contributed by atoms with Gasteiger partial charge in [0.1, 0.15) is 11.9 Å². The molecule has 5 nitrogen and oxygen atoms in total. The molecule has 0 aromatic rings. The molecule has 3 N–H and O–H groups in total. The number of amides is 1. The van der Waals surface area contributed by atoms with Gasteiger partial charge >= 0.3 is 0 Å². The Morgan fingerprint density at radius 1 is 1.25 bits per heavy atom. The first-order valence-corrected chi connectivity index (χ1v) is 9.34. The highest BCUT2D eigenvalue weighted by atomic mass is 35.5. The highest BCUT2D eigenvalue weighted by Gasteiger charge is 2.43. The van der Waals surface area contributed by atoms with Crippen molar-refractivity contribution < 1.29 is 14.7 Å². The minimum Gasteiger partial charge on any atom is -0.383 e. The molecule has 3 rings (SSSR count). The Labute approximate surface area is 150 Å². The maximum Gasteiger partial charge on any atom is 0.249 e. The lowest BCUT2D eigenvalue weighted by Gasteiger charge is -2.24. The smallest absolute Gasteiger partial charge is 0.249 e. The SMILES string of the molecule is CCC[C@H](CC(=O)[C@H]1NC[C@@H]2CCC[C@@H]21)C(O)C(=O)NC1CC1.Cl. The molecule has 0 aromatic heterocycles. The Hall–Kier alpha value is -0.650. The molecular formula is C18H31ClN2O3. The molecule has 0 aromatic carbocycles. The van der Waals surface area contributed by atoms with Crippen LogP contribution in [0, 0.1) is 17.8 Å². The number of ketones is 1. The van der Waals surface area contributed by atoms with Crippen molar-refractivity contribution in [1.82, 2.24) is 10.6 Å². The van der Waals surface area contributed by atoms with Crippen LogP contribution in [-0.4, -0.2) is 41.5 Å². The monoisotopic (exact) mass is 358 g/mol. The fourth-order valence-corrected chi connectivity index (χ4v) is 4.40. The van der Waals surface area contributed by atoms with E-state index in [4.69, 9.17) is 0 Å². The second-order valence-corrected chi connectivity index (χ2v) is 7.69. The summed E-state index contributed by atoms with van der Waals surface area (Å²) in [6.07, 6.45) is 6.45. The number of aliphatic hydroxyl groups is 1. The average molecular weight is 359 g/mol. The summed E-state index contributed by atoms with van der Waals surface area (Å²) in [7, 11) is 0. The normalized spacial score (nSPS) is 31.0. The lowest BCUT2D eigenvalue weighted by Crippen LogP contribution is -2.43. The predicted molar refractivity (Wildman–Crippen MR) is 95.1 cm³/mol. The van der Waals surface area contributed by atoms with Crippen LogP contribution >= 0.6 is 12.4 Å². The molecule has 1 amide bonds. The number of carbonyl (C=O) groups excluding carboxylic acids is 2. The Morgan fingerprint density at radius 3 is 2.67 bits per heavy atom. The van der Waals surface area contributed by atoms with Crippen LogP contribution in [0.2, 0.25) is 0 Å². The quantitative estimate of drug-likeness (QED) is 0.618. The number of hydrogen-bond acceptors (Lipinski definition) is 4. The number of hydrogen-bond donors (Lipinski definition) is 3. The van der Waals surface area contributed by atoms with E-state index in [1.165, 1.54) is 12.8 Å². The Balaban J connectivity index is 0.00000208. The van der Waals surface area contributed by atoms with Crippen molar-refractivity contribution in [2.45, 2.75) is 76.5 Å². The van der Waals surface area contributed by atoms with Crippen molar-refractivity contribution in [2.75, 3.05) is 6.54 Å². The van der Waals surface area contributed by atoms with Gasteiger partial charge in [-0.3, -0.25) is 9.59 Å². The molecule has 1 unspecified atom stereocenters. The summed E-state index contributed by atoms with van der Waals surface area (Å²) in [5, 5.41) is 16.6. The molecule has 3 fully saturated rings. The highest BCUT2D eigenvalue weighted by molar-refractivity contribution is 5.87. The summed E-state index contributed by atoms with van der Waals surface area (Å²) >= 11 is 0. The van der Waals surface area contributed by atoms with E-state index in [0.717, 1.165) is 32.2 Å². The predicted octanol–water partition coefficient (Wildman–Crippen LogP) is 1.81.